The molecule has 1 aromatic carbocycles. The minimum absolute atomic E-state index is 0.246. The van der Waals surface area contributed by atoms with Gasteiger partial charge in [0.25, 0.3) is 0 Å². The van der Waals surface area contributed by atoms with E-state index in [-0.39, 0.29) is 13.1 Å². The summed E-state index contributed by atoms with van der Waals surface area (Å²) in [6, 6.07) is 5.40. The van der Waals surface area contributed by atoms with E-state index in [9.17, 15) is 27.9 Å². The van der Waals surface area contributed by atoms with E-state index in [0.29, 0.717) is 43.1 Å². The molecule has 1 saturated heterocycles. The van der Waals surface area contributed by atoms with Gasteiger partial charge in [0, 0.05) is 37.7 Å². The van der Waals surface area contributed by atoms with Crippen molar-refractivity contribution in [2.45, 2.75) is 56.8 Å². The molecule has 1 aliphatic carbocycles. The molecule has 6 nitrogen and oxygen atoms in total. The molecule has 1 saturated carbocycles. The molecular weight excluding hydrogens is 437 g/mol. The van der Waals surface area contributed by atoms with Crippen molar-refractivity contribution in [3.05, 3.63) is 34.3 Å². The Labute approximate surface area is 183 Å². The zero-order chi connectivity index (χ0) is 22.8. The molecule has 1 heterocycles. The van der Waals surface area contributed by atoms with Crippen LogP contribution in [0.25, 0.3) is 0 Å². The molecule has 0 bridgehead atoms. The predicted octanol–water partition coefficient (Wildman–Crippen LogP) is 4.44. The summed E-state index contributed by atoms with van der Waals surface area (Å²) in [4.78, 5) is 27.3. The number of alkyl halides is 3. The van der Waals surface area contributed by atoms with Gasteiger partial charge in [-0.05, 0) is 43.0 Å². The van der Waals surface area contributed by atoms with Crippen molar-refractivity contribution in [1.29, 1.82) is 0 Å². The van der Waals surface area contributed by atoms with Gasteiger partial charge in [-0.15, -0.1) is 0 Å². The van der Waals surface area contributed by atoms with Crippen molar-refractivity contribution in [2.24, 2.45) is 0 Å². The molecule has 1 N–H and O–H groups in total. The summed E-state index contributed by atoms with van der Waals surface area (Å²) in [6.45, 7) is 2.72. The van der Waals surface area contributed by atoms with Crippen molar-refractivity contribution in [3.8, 4) is 0 Å². The molecule has 0 radical (unpaired) electrons. The molecule has 1 aliphatic heterocycles. The maximum Gasteiger partial charge on any atom is 0.425 e. The number of benzene rings is 1. The SMILES string of the molecule is CC(OC(=O)N1CCN(Cc2cc(Cl)cc(C3(C(=O)O)CCCC3)c2)CC1)C(F)(F)F. The third kappa shape index (κ3) is 5.44. The fraction of sp³-hybridized carbons (Fsp3) is 0.619. The highest BCUT2D eigenvalue weighted by atomic mass is 35.5. The highest BCUT2D eigenvalue weighted by molar-refractivity contribution is 6.30. The number of aliphatic carboxylic acids is 1. The Morgan fingerprint density at radius 2 is 1.77 bits per heavy atom. The van der Waals surface area contributed by atoms with Crippen LogP contribution in [0.2, 0.25) is 5.02 Å². The van der Waals surface area contributed by atoms with E-state index in [1.165, 1.54) is 4.90 Å². The molecule has 31 heavy (non-hydrogen) atoms. The lowest BCUT2D eigenvalue weighted by Gasteiger charge is -2.35. The van der Waals surface area contributed by atoms with Crippen molar-refractivity contribution in [1.82, 2.24) is 9.80 Å². The quantitative estimate of drug-likeness (QED) is 0.700. The first-order valence-corrected chi connectivity index (χ1v) is 10.7. The van der Waals surface area contributed by atoms with Crippen LogP contribution in [-0.2, 0) is 21.5 Å². The van der Waals surface area contributed by atoms with E-state index < -0.39 is 29.8 Å². The van der Waals surface area contributed by atoms with Gasteiger partial charge in [0.2, 0.25) is 0 Å². The summed E-state index contributed by atoms with van der Waals surface area (Å²) in [5.41, 5.74) is 0.678. The Hall–Kier alpha value is -2.00. The van der Waals surface area contributed by atoms with Crippen molar-refractivity contribution in [3.63, 3.8) is 0 Å². The molecule has 1 unspecified atom stereocenters. The Morgan fingerprint density at radius 3 is 2.32 bits per heavy atom. The number of halogens is 4. The lowest BCUT2D eigenvalue weighted by Crippen LogP contribution is -2.49. The Morgan fingerprint density at radius 1 is 1.16 bits per heavy atom. The fourth-order valence-electron chi connectivity index (χ4n) is 4.26. The van der Waals surface area contributed by atoms with Crippen LogP contribution in [0, 0.1) is 0 Å². The monoisotopic (exact) mass is 462 g/mol. The van der Waals surface area contributed by atoms with E-state index in [1.807, 2.05) is 6.07 Å². The summed E-state index contributed by atoms with van der Waals surface area (Å²) < 4.78 is 42.3. The number of amides is 1. The third-order valence-corrected chi connectivity index (χ3v) is 6.37. The number of carbonyl (C=O) groups is 2. The maximum absolute atomic E-state index is 12.6. The first kappa shape index (κ1) is 23.7. The highest BCUT2D eigenvalue weighted by Crippen LogP contribution is 2.42. The molecule has 2 fully saturated rings. The van der Waals surface area contributed by atoms with E-state index in [4.69, 9.17) is 11.6 Å². The van der Waals surface area contributed by atoms with Gasteiger partial charge < -0.3 is 14.7 Å². The van der Waals surface area contributed by atoms with E-state index in [2.05, 4.69) is 9.64 Å². The molecule has 0 aromatic heterocycles. The second-order valence-electron chi connectivity index (χ2n) is 8.27. The zero-order valence-corrected chi connectivity index (χ0v) is 18.0. The zero-order valence-electron chi connectivity index (χ0n) is 17.3. The molecule has 1 amide bonds. The van der Waals surface area contributed by atoms with E-state index in [0.717, 1.165) is 25.3 Å². The van der Waals surface area contributed by atoms with Crippen molar-refractivity contribution >= 4 is 23.7 Å². The molecule has 172 valence electrons. The molecule has 1 atom stereocenters. The fourth-order valence-corrected chi connectivity index (χ4v) is 4.52. The molecule has 10 heteroatoms. The number of rotatable bonds is 5. The molecular formula is C21H26ClF3N2O4. The average molecular weight is 463 g/mol. The summed E-state index contributed by atoms with van der Waals surface area (Å²) >= 11 is 6.29. The highest BCUT2D eigenvalue weighted by Gasteiger charge is 2.43. The van der Waals surface area contributed by atoms with Crippen LogP contribution in [0.1, 0.15) is 43.7 Å². The molecule has 0 spiro atoms. The number of hydrogen-bond donors (Lipinski definition) is 1. The molecule has 1 aromatic rings. The number of hydrogen-bond acceptors (Lipinski definition) is 4. The van der Waals surface area contributed by atoms with Gasteiger partial charge >= 0.3 is 18.2 Å². The van der Waals surface area contributed by atoms with Crippen LogP contribution in [0.5, 0.6) is 0 Å². The van der Waals surface area contributed by atoms with Gasteiger partial charge in [-0.25, -0.2) is 4.79 Å². The molecule has 2 aliphatic rings. The summed E-state index contributed by atoms with van der Waals surface area (Å²) in [6.07, 6.45) is -4.83. The van der Waals surface area contributed by atoms with Crippen LogP contribution >= 0.6 is 11.6 Å². The number of carboxylic acids is 1. The van der Waals surface area contributed by atoms with Crippen LogP contribution in [-0.4, -0.2) is 65.4 Å². The standard InChI is InChI=1S/C21H26ClF3N2O4/c1-14(21(23,24)25)31-19(30)27-8-6-26(7-9-27)13-15-10-16(12-17(22)11-15)20(18(28)29)4-2-3-5-20/h10-12,14H,2-9,13H2,1H3,(H,28,29). The maximum atomic E-state index is 12.6. The van der Waals surface area contributed by atoms with Gasteiger partial charge in [0.15, 0.2) is 6.10 Å². The minimum atomic E-state index is -4.59. The average Bonchev–Trinajstić information content (AvgIpc) is 3.19. The van der Waals surface area contributed by atoms with Crippen molar-refractivity contribution < 1.29 is 32.6 Å². The van der Waals surface area contributed by atoms with Crippen LogP contribution in [0.4, 0.5) is 18.0 Å². The lowest BCUT2D eigenvalue weighted by atomic mass is 9.78. The Bertz CT molecular complexity index is 819. The van der Waals surface area contributed by atoms with Gasteiger partial charge in [-0.1, -0.05) is 30.5 Å². The second-order valence-corrected chi connectivity index (χ2v) is 8.71. The topological polar surface area (TPSA) is 70.1 Å². The van der Waals surface area contributed by atoms with E-state index in [1.54, 1.807) is 12.1 Å². The van der Waals surface area contributed by atoms with Crippen molar-refractivity contribution in [2.75, 3.05) is 26.2 Å². The number of carbonyl (C=O) groups excluding carboxylic acids is 1. The molecule has 3 rings (SSSR count). The number of ether oxygens (including phenoxy) is 1. The predicted molar refractivity (Wildman–Crippen MR) is 108 cm³/mol. The van der Waals surface area contributed by atoms with Crippen LogP contribution < -0.4 is 0 Å². The van der Waals surface area contributed by atoms with Gasteiger partial charge in [0.05, 0.1) is 5.41 Å². The first-order chi connectivity index (χ1) is 14.5. The van der Waals surface area contributed by atoms with Crippen LogP contribution in [0.15, 0.2) is 18.2 Å². The smallest absolute Gasteiger partial charge is 0.425 e. The summed E-state index contributed by atoms with van der Waals surface area (Å²) in [7, 11) is 0. The number of piperazine rings is 1. The number of carboxylic acid groups (broad SMARTS) is 1. The van der Waals surface area contributed by atoms with Gasteiger partial charge in [0.1, 0.15) is 0 Å². The van der Waals surface area contributed by atoms with Gasteiger partial charge in [-0.3, -0.25) is 9.69 Å². The van der Waals surface area contributed by atoms with Crippen LogP contribution in [0.3, 0.4) is 0 Å². The second kappa shape index (κ2) is 9.24. The third-order valence-electron chi connectivity index (χ3n) is 6.15. The Balaban J connectivity index is 1.61. The lowest BCUT2D eigenvalue weighted by molar-refractivity contribution is -0.200. The van der Waals surface area contributed by atoms with E-state index >= 15 is 0 Å². The first-order valence-electron chi connectivity index (χ1n) is 10.3. The normalized spacial score (nSPS) is 20.5. The Kier molecular flexibility index (Phi) is 7.05. The summed E-state index contributed by atoms with van der Waals surface area (Å²) in [5, 5.41) is 10.3. The van der Waals surface area contributed by atoms with Gasteiger partial charge in [-0.2, -0.15) is 13.2 Å². The largest absolute Gasteiger partial charge is 0.481 e. The number of nitrogens with zero attached hydrogens (tertiary/aromatic N) is 2. The minimum Gasteiger partial charge on any atom is -0.481 e. The summed E-state index contributed by atoms with van der Waals surface area (Å²) in [5.74, 6) is -0.835.